The quantitative estimate of drug-likeness (QED) is 0.644. The number of ether oxygens (including phenoxy) is 1. The van der Waals surface area contributed by atoms with Gasteiger partial charge in [-0.05, 0) is 24.1 Å². The monoisotopic (exact) mass is 253 g/mol. The van der Waals surface area contributed by atoms with Crippen molar-refractivity contribution in [3.63, 3.8) is 0 Å². The van der Waals surface area contributed by atoms with Gasteiger partial charge in [0.15, 0.2) is 6.61 Å². The number of aliphatic hydroxyl groups excluding tert-OH is 1. The first kappa shape index (κ1) is 14.5. The van der Waals surface area contributed by atoms with Gasteiger partial charge in [0.2, 0.25) is 0 Å². The molecule has 100 valence electrons. The van der Waals surface area contributed by atoms with Crippen LogP contribution in [0, 0.1) is 0 Å². The summed E-state index contributed by atoms with van der Waals surface area (Å²) in [4.78, 5) is 10.4. The molecule has 0 aliphatic carbocycles. The first-order valence-corrected chi connectivity index (χ1v) is 5.93. The highest BCUT2D eigenvalue weighted by molar-refractivity contribution is 5.68. The van der Waals surface area contributed by atoms with Gasteiger partial charge in [0.05, 0.1) is 6.61 Å². The molecule has 0 amide bonds. The number of aliphatic hydroxyl groups is 1. The van der Waals surface area contributed by atoms with Gasteiger partial charge in [-0.15, -0.1) is 0 Å². The van der Waals surface area contributed by atoms with Crippen LogP contribution in [0.5, 0.6) is 5.75 Å². The number of hydrogen-bond acceptors (Lipinski definition) is 4. The van der Waals surface area contributed by atoms with Crippen LogP contribution in [0.15, 0.2) is 24.3 Å². The molecule has 0 aliphatic heterocycles. The number of aliphatic carboxylic acids is 1. The number of benzene rings is 1. The summed E-state index contributed by atoms with van der Waals surface area (Å²) in [5.41, 5.74) is 0.991. The average Bonchev–Trinajstić information content (AvgIpc) is 2.38. The molecule has 0 heterocycles. The van der Waals surface area contributed by atoms with Crippen LogP contribution >= 0.6 is 0 Å². The van der Waals surface area contributed by atoms with Gasteiger partial charge in [0.1, 0.15) is 5.75 Å². The van der Waals surface area contributed by atoms with Crippen molar-refractivity contribution in [2.75, 3.05) is 13.2 Å². The third kappa shape index (κ3) is 5.16. The number of carbonyl (C=O) groups is 1. The molecular formula is C13H19NO4. The van der Waals surface area contributed by atoms with Gasteiger partial charge >= 0.3 is 5.97 Å². The maximum Gasteiger partial charge on any atom is 0.341 e. The predicted molar refractivity (Wildman–Crippen MR) is 67.6 cm³/mol. The molecule has 3 N–H and O–H groups in total. The SMILES string of the molecule is CC[C@@H](CO)NCc1cccc(OCC(=O)O)c1. The van der Waals surface area contributed by atoms with Gasteiger partial charge in [0, 0.05) is 12.6 Å². The summed E-state index contributed by atoms with van der Waals surface area (Å²) in [6, 6.07) is 7.32. The molecule has 1 aromatic rings. The Bertz CT molecular complexity index is 377. The topological polar surface area (TPSA) is 78.8 Å². The zero-order valence-corrected chi connectivity index (χ0v) is 10.4. The van der Waals surface area contributed by atoms with Crippen molar-refractivity contribution >= 4 is 5.97 Å². The first-order chi connectivity index (χ1) is 8.65. The lowest BCUT2D eigenvalue weighted by molar-refractivity contribution is -0.139. The molecule has 0 unspecified atom stereocenters. The van der Waals surface area contributed by atoms with Crippen LogP contribution in [-0.2, 0) is 11.3 Å². The maximum atomic E-state index is 10.4. The lowest BCUT2D eigenvalue weighted by Gasteiger charge is -2.14. The molecule has 5 nitrogen and oxygen atoms in total. The smallest absolute Gasteiger partial charge is 0.341 e. The van der Waals surface area contributed by atoms with E-state index in [1.54, 1.807) is 12.1 Å². The van der Waals surface area contributed by atoms with E-state index in [-0.39, 0.29) is 19.3 Å². The van der Waals surface area contributed by atoms with Crippen LogP contribution in [0.25, 0.3) is 0 Å². The van der Waals surface area contributed by atoms with Gasteiger partial charge in [-0.2, -0.15) is 0 Å². The Hall–Kier alpha value is -1.59. The molecule has 5 heteroatoms. The van der Waals surface area contributed by atoms with E-state index in [1.165, 1.54) is 0 Å². The normalized spacial score (nSPS) is 12.1. The van der Waals surface area contributed by atoms with Gasteiger partial charge in [-0.1, -0.05) is 19.1 Å². The van der Waals surface area contributed by atoms with E-state index in [4.69, 9.17) is 14.9 Å². The molecule has 0 spiro atoms. The van der Waals surface area contributed by atoms with Crippen LogP contribution in [0.3, 0.4) is 0 Å². The molecule has 0 bridgehead atoms. The predicted octanol–water partition coefficient (Wildman–Crippen LogP) is 1.01. The second-order valence-corrected chi connectivity index (χ2v) is 4.00. The molecular weight excluding hydrogens is 234 g/mol. The minimum Gasteiger partial charge on any atom is -0.482 e. The lowest BCUT2D eigenvalue weighted by atomic mass is 10.2. The molecule has 0 radical (unpaired) electrons. The van der Waals surface area contributed by atoms with Crippen LogP contribution < -0.4 is 10.1 Å². The van der Waals surface area contributed by atoms with E-state index in [9.17, 15) is 4.79 Å². The Labute approximate surface area is 106 Å². The van der Waals surface area contributed by atoms with E-state index in [2.05, 4.69) is 5.32 Å². The molecule has 1 atom stereocenters. The summed E-state index contributed by atoms with van der Waals surface area (Å²) < 4.78 is 5.09. The Kier molecular flexibility index (Phi) is 6.18. The molecule has 0 saturated carbocycles. The van der Waals surface area contributed by atoms with E-state index in [0.717, 1.165) is 12.0 Å². The maximum absolute atomic E-state index is 10.4. The number of carboxylic acids is 1. The molecule has 0 aromatic heterocycles. The molecule has 18 heavy (non-hydrogen) atoms. The molecule has 0 aliphatic rings. The van der Waals surface area contributed by atoms with E-state index >= 15 is 0 Å². The Morgan fingerprint density at radius 1 is 1.50 bits per heavy atom. The second-order valence-electron chi connectivity index (χ2n) is 4.00. The fraction of sp³-hybridized carbons (Fsp3) is 0.462. The summed E-state index contributed by atoms with van der Waals surface area (Å²) in [5.74, 6) is -0.460. The van der Waals surface area contributed by atoms with Gasteiger partial charge in [0.25, 0.3) is 0 Å². The van der Waals surface area contributed by atoms with Crippen molar-refractivity contribution in [2.45, 2.75) is 25.9 Å². The largest absolute Gasteiger partial charge is 0.482 e. The summed E-state index contributed by atoms with van der Waals surface area (Å²) >= 11 is 0. The number of nitrogens with one attached hydrogen (secondary N) is 1. The number of hydrogen-bond donors (Lipinski definition) is 3. The first-order valence-electron chi connectivity index (χ1n) is 5.93. The van der Waals surface area contributed by atoms with Crippen LogP contribution in [0.4, 0.5) is 0 Å². The highest BCUT2D eigenvalue weighted by Crippen LogP contribution is 2.13. The molecule has 1 aromatic carbocycles. The molecule has 1 rings (SSSR count). The Balaban J connectivity index is 2.51. The molecule has 0 fully saturated rings. The average molecular weight is 253 g/mol. The Morgan fingerprint density at radius 3 is 2.89 bits per heavy atom. The van der Waals surface area contributed by atoms with E-state index < -0.39 is 5.97 Å². The summed E-state index contributed by atoms with van der Waals surface area (Å²) in [5, 5.41) is 20.8. The number of rotatable bonds is 8. The van der Waals surface area contributed by atoms with Crippen molar-refractivity contribution in [3.8, 4) is 5.75 Å². The van der Waals surface area contributed by atoms with Crippen molar-refractivity contribution in [1.29, 1.82) is 0 Å². The van der Waals surface area contributed by atoms with Crippen molar-refractivity contribution in [2.24, 2.45) is 0 Å². The zero-order chi connectivity index (χ0) is 13.4. The number of carboxylic acid groups (broad SMARTS) is 1. The van der Waals surface area contributed by atoms with Gasteiger partial charge in [-0.3, -0.25) is 0 Å². The lowest BCUT2D eigenvalue weighted by Crippen LogP contribution is -2.31. The van der Waals surface area contributed by atoms with E-state index in [0.29, 0.717) is 12.3 Å². The zero-order valence-electron chi connectivity index (χ0n) is 10.4. The van der Waals surface area contributed by atoms with Crippen molar-refractivity contribution < 1.29 is 19.7 Å². The third-order valence-corrected chi connectivity index (χ3v) is 2.57. The highest BCUT2D eigenvalue weighted by Gasteiger charge is 2.04. The van der Waals surface area contributed by atoms with Gasteiger partial charge in [-0.25, -0.2) is 4.79 Å². The standard InChI is InChI=1S/C13H19NO4/c1-2-11(8-15)14-7-10-4-3-5-12(6-10)18-9-13(16)17/h3-6,11,14-15H,2,7-9H2,1H3,(H,16,17)/t11-/m0/s1. The highest BCUT2D eigenvalue weighted by atomic mass is 16.5. The summed E-state index contributed by atoms with van der Waals surface area (Å²) in [6.45, 7) is 2.38. The fourth-order valence-corrected chi connectivity index (χ4v) is 1.49. The van der Waals surface area contributed by atoms with Crippen LogP contribution in [-0.4, -0.2) is 35.4 Å². The third-order valence-electron chi connectivity index (χ3n) is 2.57. The van der Waals surface area contributed by atoms with Crippen molar-refractivity contribution in [1.82, 2.24) is 5.32 Å². The minimum absolute atomic E-state index is 0.0774. The fourth-order valence-electron chi connectivity index (χ4n) is 1.49. The van der Waals surface area contributed by atoms with E-state index in [1.807, 2.05) is 19.1 Å². The second kappa shape index (κ2) is 7.68. The van der Waals surface area contributed by atoms with Crippen LogP contribution in [0.2, 0.25) is 0 Å². The molecule has 0 saturated heterocycles. The summed E-state index contributed by atoms with van der Waals surface area (Å²) in [7, 11) is 0. The van der Waals surface area contributed by atoms with Crippen molar-refractivity contribution in [3.05, 3.63) is 29.8 Å². The minimum atomic E-state index is -0.996. The van der Waals surface area contributed by atoms with Crippen LogP contribution in [0.1, 0.15) is 18.9 Å². The summed E-state index contributed by atoms with van der Waals surface area (Å²) in [6.07, 6.45) is 0.853. The van der Waals surface area contributed by atoms with Gasteiger partial charge < -0.3 is 20.3 Å². The Morgan fingerprint density at radius 2 is 2.28 bits per heavy atom.